The lowest BCUT2D eigenvalue weighted by atomic mass is 9.69. The van der Waals surface area contributed by atoms with Crippen LogP contribution in [0.1, 0.15) is 38.5 Å². The van der Waals surface area contributed by atoms with E-state index >= 15 is 0 Å². The van der Waals surface area contributed by atoms with Gasteiger partial charge in [0.25, 0.3) is 0 Å². The highest BCUT2D eigenvalue weighted by Gasteiger charge is 2.51. The molecule has 13 heavy (non-hydrogen) atoms. The minimum atomic E-state index is -0.814. The lowest BCUT2D eigenvalue weighted by molar-refractivity contribution is -0.154. The number of aliphatic hydroxyl groups excluding tert-OH is 1. The molecule has 2 aliphatic rings. The summed E-state index contributed by atoms with van der Waals surface area (Å²) in [7, 11) is 0. The lowest BCUT2D eigenvalue weighted by Gasteiger charge is -2.35. The summed E-state index contributed by atoms with van der Waals surface area (Å²) in [5.74, 6) is -0.814. The molecule has 0 radical (unpaired) electrons. The van der Waals surface area contributed by atoms with Gasteiger partial charge >= 0.3 is 5.97 Å². The van der Waals surface area contributed by atoms with Crippen molar-refractivity contribution in [2.45, 2.75) is 38.5 Å². The van der Waals surface area contributed by atoms with Gasteiger partial charge in [-0.15, -0.1) is 0 Å². The van der Waals surface area contributed by atoms with Crippen LogP contribution in [0.2, 0.25) is 0 Å². The first-order chi connectivity index (χ1) is 6.13. The summed E-state index contributed by atoms with van der Waals surface area (Å²) in [6, 6.07) is 0. The molecule has 0 bridgehead atoms. The molecular formula is C10H16O3. The maximum absolute atomic E-state index is 11.0. The minimum absolute atomic E-state index is 0.196. The van der Waals surface area contributed by atoms with Crippen LogP contribution in [0.5, 0.6) is 0 Å². The Morgan fingerprint density at radius 2 is 1.54 bits per heavy atom. The van der Waals surface area contributed by atoms with Crippen molar-refractivity contribution in [2.24, 2.45) is 10.8 Å². The van der Waals surface area contributed by atoms with Gasteiger partial charge in [-0.05, 0) is 43.9 Å². The number of carbonyl (C=O) groups is 1. The number of carboxylic acids is 1. The van der Waals surface area contributed by atoms with E-state index in [1.165, 1.54) is 12.8 Å². The van der Waals surface area contributed by atoms with Gasteiger partial charge in [0.2, 0.25) is 0 Å². The first kappa shape index (κ1) is 9.00. The smallest absolute Gasteiger partial charge is 0.311 e. The molecular weight excluding hydrogens is 168 g/mol. The van der Waals surface area contributed by atoms with Gasteiger partial charge in [-0.25, -0.2) is 0 Å². The van der Waals surface area contributed by atoms with Crippen molar-refractivity contribution in [2.75, 3.05) is 6.61 Å². The Balaban J connectivity index is 2.04. The van der Waals surface area contributed by atoms with Gasteiger partial charge in [-0.1, -0.05) is 0 Å². The highest BCUT2D eigenvalue weighted by Crippen LogP contribution is 2.59. The molecule has 3 nitrogen and oxygen atoms in total. The fourth-order valence-electron chi connectivity index (χ4n) is 2.38. The zero-order valence-electron chi connectivity index (χ0n) is 7.75. The first-order valence-corrected chi connectivity index (χ1v) is 4.97. The van der Waals surface area contributed by atoms with Crippen LogP contribution in [0.4, 0.5) is 0 Å². The number of hydrogen-bond acceptors (Lipinski definition) is 2. The third-order valence-electron chi connectivity index (χ3n) is 3.98. The average Bonchev–Trinajstić information content (AvgIpc) is 2.87. The van der Waals surface area contributed by atoms with Crippen LogP contribution in [0.3, 0.4) is 0 Å². The summed E-state index contributed by atoms with van der Waals surface area (Å²) in [5, 5.41) is 18.1. The van der Waals surface area contributed by atoms with Crippen LogP contribution in [-0.4, -0.2) is 22.8 Å². The van der Waals surface area contributed by atoms with E-state index in [2.05, 4.69) is 0 Å². The molecule has 2 aliphatic carbocycles. The van der Waals surface area contributed by atoms with E-state index in [9.17, 15) is 4.79 Å². The Morgan fingerprint density at radius 3 is 1.85 bits per heavy atom. The molecule has 0 saturated heterocycles. The van der Waals surface area contributed by atoms with Crippen molar-refractivity contribution >= 4 is 5.97 Å². The minimum Gasteiger partial charge on any atom is -0.481 e. The van der Waals surface area contributed by atoms with Crippen molar-refractivity contribution in [3.05, 3.63) is 0 Å². The van der Waals surface area contributed by atoms with E-state index in [1.807, 2.05) is 0 Å². The topological polar surface area (TPSA) is 57.5 Å². The first-order valence-electron chi connectivity index (χ1n) is 4.97. The molecule has 3 heteroatoms. The van der Waals surface area contributed by atoms with Gasteiger partial charge < -0.3 is 10.2 Å². The summed E-state index contributed by atoms with van der Waals surface area (Å²) in [6.45, 7) is -0.196. The van der Waals surface area contributed by atoms with Crippen LogP contribution in [0.25, 0.3) is 0 Å². The zero-order chi connectivity index (χ0) is 9.53. The molecule has 0 atom stereocenters. The summed E-state index contributed by atoms with van der Waals surface area (Å²) in [6.07, 6.45) is 5.87. The molecule has 74 valence electrons. The lowest BCUT2D eigenvalue weighted by Crippen LogP contribution is -2.39. The van der Waals surface area contributed by atoms with Crippen molar-refractivity contribution in [3.8, 4) is 0 Å². The molecule has 0 amide bonds. The van der Waals surface area contributed by atoms with E-state index < -0.39 is 11.4 Å². The SMILES string of the molecule is O=C(O)C1(CO)CCC2(CC2)CC1. The maximum atomic E-state index is 11.0. The number of hydrogen-bond donors (Lipinski definition) is 2. The van der Waals surface area contributed by atoms with Gasteiger partial charge in [0.05, 0.1) is 12.0 Å². The Morgan fingerprint density at radius 1 is 1.08 bits per heavy atom. The van der Waals surface area contributed by atoms with E-state index in [0.717, 1.165) is 12.8 Å². The Kier molecular flexibility index (Phi) is 1.88. The van der Waals surface area contributed by atoms with Crippen molar-refractivity contribution < 1.29 is 15.0 Å². The highest BCUT2D eigenvalue weighted by atomic mass is 16.4. The van der Waals surface area contributed by atoms with Crippen LogP contribution in [0, 0.1) is 10.8 Å². The van der Waals surface area contributed by atoms with Gasteiger partial charge in [0.1, 0.15) is 0 Å². The molecule has 2 rings (SSSR count). The summed E-state index contributed by atoms with van der Waals surface area (Å²) >= 11 is 0. The fraction of sp³-hybridized carbons (Fsp3) is 0.900. The third-order valence-corrected chi connectivity index (χ3v) is 3.98. The molecule has 0 aliphatic heterocycles. The van der Waals surface area contributed by atoms with Crippen molar-refractivity contribution in [1.29, 1.82) is 0 Å². The van der Waals surface area contributed by atoms with Crippen LogP contribution < -0.4 is 0 Å². The molecule has 0 unspecified atom stereocenters. The molecule has 0 aromatic carbocycles. The van der Waals surface area contributed by atoms with Crippen LogP contribution >= 0.6 is 0 Å². The van der Waals surface area contributed by atoms with E-state index in [-0.39, 0.29) is 6.61 Å². The van der Waals surface area contributed by atoms with Gasteiger partial charge in [0.15, 0.2) is 0 Å². The maximum Gasteiger partial charge on any atom is 0.311 e. The monoisotopic (exact) mass is 184 g/mol. The summed E-state index contributed by atoms with van der Waals surface area (Å²) in [5.41, 5.74) is -0.317. The van der Waals surface area contributed by atoms with Gasteiger partial charge in [-0.2, -0.15) is 0 Å². The standard InChI is InChI=1S/C10H16O3/c11-7-10(8(12)13)5-3-9(1-2-9)4-6-10/h11H,1-7H2,(H,12,13). The second-order valence-corrected chi connectivity index (χ2v) is 4.74. The predicted molar refractivity (Wildman–Crippen MR) is 47.3 cm³/mol. The second-order valence-electron chi connectivity index (χ2n) is 4.74. The molecule has 0 heterocycles. The quantitative estimate of drug-likeness (QED) is 0.682. The number of rotatable bonds is 2. The largest absolute Gasteiger partial charge is 0.481 e. The zero-order valence-corrected chi connectivity index (χ0v) is 7.75. The molecule has 2 saturated carbocycles. The number of aliphatic carboxylic acids is 1. The summed E-state index contributed by atoms with van der Waals surface area (Å²) in [4.78, 5) is 11.0. The second kappa shape index (κ2) is 2.71. The number of carboxylic acid groups (broad SMARTS) is 1. The van der Waals surface area contributed by atoms with Crippen molar-refractivity contribution in [3.63, 3.8) is 0 Å². The number of aliphatic hydroxyl groups is 1. The Hall–Kier alpha value is -0.570. The molecule has 0 aromatic heterocycles. The summed E-state index contributed by atoms with van der Waals surface area (Å²) < 4.78 is 0. The van der Waals surface area contributed by atoms with Crippen LogP contribution in [-0.2, 0) is 4.79 Å². The fourth-order valence-corrected chi connectivity index (χ4v) is 2.38. The third kappa shape index (κ3) is 1.35. The molecule has 0 aromatic rings. The van der Waals surface area contributed by atoms with E-state index in [4.69, 9.17) is 10.2 Å². The van der Waals surface area contributed by atoms with Gasteiger partial charge in [-0.3, -0.25) is 4.79 Å². The van der Waals surface area contributed by atoms with E-state index in [0.29, 0.717) is 18.3 Å². The van der Waals surface area contributed by atoms with Crippen molar-refractivity contribution in [1.82, 2.24) is 0 Å². The van der Waals surface area contributed by atoms with Crippen LogP contribution in [0.15, 0.2) is 0 Å². The highest BCUT2D eigenvalue weighted by molar-refractivity contribution is 5.75. The predicted octanol–water partition coefficient (Wildman–Crippen LogP) is 1.40. The van der Waals surface area contributed by atoms with E-state index in [1.54, 1.807) is 0 Å². The Bertz CT molecular complexity index is 220. The normalized spacial score (nSPS) is 28.7. The Labute approximate surface area is 77.8 Å². The molecule has 2 fully saturated rings. The average molecular weight is 184 g/mol. The molecule has 1 spiro atoms. The van der Waals surface area contributed by atoms with Gasteiger partial charge in [0, 0.05) is 0 Å². The molecule has 2 N–H and O–H groups in total.